The number of hydrogen-bond acceptors (Lipinski definition) is 6. The van der Waals surface area contributed by atoms with E-state index in [1.807, 2.05) is 54.6 Å². The largest absolute Gasteiger partial charge is 0.492 e. The van der Waals surface area contributed by atoms with Gasteiger partial charge in [0.1, 0.15) is 18.1 Å². The summed E-state index contributed by atoms with van der Waals surface area (Å²) in [5, 5.41) is 10.0. The molecule has 1 saturated heterocycles. The Morgan fingerprint density at radius 2 is 1.64 bits per heavy atom. The normalized spacial score (nSPS) is 13.2. The minimum Gasteiger partial charge on any atom is -0.492 e. The van der Waals surface area contributed by atoms with Gasteiger partial charge < -0.3 is 14.8 Å². The lowest BCUT2D eigenvalue weighted by Crippen LogP contribution is -2.25. The zero-order chi connectivity index (χ0) is 26.9. The van der Waals surface area contributed by atoms with Gasteiger partial charge in [0.25, 0.3) is 5.91 Å². The molecule has 1 amide bonds. The van der Waals surface area contributed by atoms with Crippen LogP contribution < -0.4 is 14.8 Å². The van der Waals surface area contributed by atoms with Crippen LogP contribution >= 0.6 is 0 Å². The number of hydrogen-bond donors (Lipinski definition) is 2. The van der Waals surface area contributed by atoms with Crippen LogP contribution in [0.15, 0.2) is 84.9 Å². The lowest BCUT2D eigenvalue weighted by atomic mass is 10.1. The summed E-state index contributed by atoms with van der Waals surface area (Å²) in [6.45, 7) is 3.87. The van der Waals surface area contributed by atoms with Crippen molar-refractivity contribution in [2.45, 2.75) is 25.7 Å². The van der Waals surface area contributed by atoms with Crippen LogP contribution in [0.5, 0.6) is 11.5 Å². The fraction of sp³-hybridized carbons (Fsp3) is 0.258. The van der Waals surface area contributed by atoms with Crippen LogP contribution in [-0.4, -0.2) is 53.2 Å². The highest BCUT2D eigenvalue weighted by Gasteiger charge is 2.12. The van der Waals surface area contributed by atoms with E-state index in [2.05, 4.69) is 20.4 Å². The predicted octanol–water partition coefficient (Wildman–Crippen LogP) is 5.34. The number of carbonyl (C=O) groups excluding carboxylic acids is 2. The van der Waals surface area contributed by atoms with Gasteiger partial charge in [-0.1, -0.05) is 42.5 Å². The van der Waals surface area contributed by atoms with Gasteiger partial charge in [-0.25, -0.2) is 0 Å². The number of rotatable bonds is 11. The molecule has 1 fully saturated rings. The standard InChI is InChI=1S/C31H32N4O4/c36-30(39-27-6-2-1-3-7-27)17-10-23-8-11-24(12-9-23)28-22-29(34-33-28)32-31(37)25-13-15-26(16-14-25)38-21-20-35-18-4-5-19-35/h1-3,6-9,11-16,22H,4-5,10,17-21H2,(H2,32,33,34,37). The summed E-state index contributed by atoms with van der Waals surface area (Å²) in [6.07, 6.45) is 3.41. The van der Waals surface area contributed by atoms with E-state index in [9.17, 15) is 9.59 Å². The van der Waals surface area contributed by atoms with Crippen LogP contribution in [0, 0.1) is 0 Å². The van der Waals surface area contributed by atoms with Gasteiger partial charge in [-0.2, -0.15) is 5.10 Å². The van der Waals surface area contributed by atoms with Gasteiger partial charge in [0.05, 0.1) is 5.69 Å². The van der Waals surface area contributed by atoms with E-state index >= 15 is 0 Å². The van der Waals surface area contributed by atoms with Crippen LogP contribution in [0.2, 0.25) is 0 Å². The first-order chi connectivity index (χ1) is 19.1. The number of likely N-dealkylation sites (tertiary alicyclic amines) is 1. The van der Waals surface area contributed by atoms with E-state index in [0.717, 1.165) is 42.2 Å². The third kappa shape index (κ3) is 7.55. The zero-order valence-electron chi connectivity index (χ0n) is 21.8. The van der Waals surface area contributed by atoms with Crippen LogP contribution in [-0.2, 0) is 11.2 Å². The van der Waals surface area contributed by atoms with Crippen molar-refractivity contribution >= 4 is 17.7 Å². The molecule has 1 aliphatic heterocycles. The molecule has 0 bridgehead atoms. The Morgan fingerprint density at radius 3 is 2.38 bits per heavy atom. The maximum Gasteiger partial charge on any atom is 0.311 e. The molecule has 0 atom stereocenters. The summed E-state index contributed by atoms with van der Waals surface area (Å²) in [5.74, 6) is 1.24. The van der Waals surface area contributed by atoms with Crippen LogP contribution in [0.1, 0.15) is 35.2 Å². The van der Waals surface area contributed by atoms with Crippen molar-refractivity contribution in [2.75, 3.05) is 31.6 Å². The van der Waals surface area contributed by atoms with Gasteiger partial charge in [0, 0.05) is 24.6 Å². The Hall–Kier alpha value is -4.43. The molecule has 5 rings (SSSR count). The van der Waals surface area contributed by atoms with E-state index in [0.29, 0.717) is 36.6 Å². The van der Waals surface area contributed by atoms with Gasteiger partial charge in [0.2, 0.25) is 0 Å². The first kappa shape index (κ1) is 26.2. The molecule has 0 spiro atoms. The second-order valence-corrected chi connectivity index (χ2v) is 9.53. The number of esters is 1. The first-order valence-electron chi connectivity index (χ1n) is 13.3. The van der Waals surface area contributed by atoms with Crippen LogP contribution in [0.4, 0.5) is 5.82 Å². The lowest BCUT2D eigenvalue weighted by Gasteiger charge is -2.14. The number of aromatic amines is 1. The number of para-hydroxylation sites is 1. The molecule has 1 aliphatic rings. The number of aryl methyl sites for hydroxylation is 1. The lowest BCUT2D eigenvalue weighted by molar-refractivity contribution is -0.134. The fourth-order valence-electron chi connectivity index (χ4n) is 4.49. The van der Waals surface area contributed by atoms with Crippen LogP contribution in [0.25, 0.3) is 11.3 Å². The predicted molar refractivity (Wildman–Crippen MR) is 150 cm³/mol. The van der Waals surface area contributed by atoms with E-state index in [1.165, 1.54) is 12.8 Å². The minimum atomic E-state index is -0.265. The molecule has 4 aromatic rings. The zero-order valence-corrected chi connectivity index (χ0v) is 21.8. The number of nitrogens with zero attached hydrogens (tertiary/aromatic N) is 2. The van der Waals surface area contributed by atoms with Crippen LogP contribution in [0.3, 0.4) is 0 Å². The second kappa shape index (κ2) is 12.9. The average Bonchev–Trinajstić information content (AvgIpc) is 3.66. The minimum absolute atomic E-state index is 0.241. The fourth-order valence-corrected chi connectivity index (χ4v) is 4.49. The Labute approximate surface area is 228 Å². The van der Waals surface area contributed by atoms with E-state index in [1.54, 1.807) is 30.3 Å². The van der Waals surface area contributed by atoms with Crippen molar-refractivity contribution in [3.8, 4) is 22.8 Å². The number of ether oxygens (including phenoxy) is 2. The van der Waals surface area contributed by atoms with Crippen molar-refractivity contribution in [3.63, 3.8) is 0 Å². The number of carbonyl (C=O) groups is 2. The van der Waals surface area contributed by atoms with Gasteiger partial charge in [-0.05, 0) is 79.9 Å². The number of amides is 1. The number of H-pyrrole nitrogens is 1. The summed E-state index contributed by atoms with van der Waals surface area (Å²) in [7, 11) is 0. The summed E-state index contributed by atoms with van der Waals surface area (Å²) in [6, 6.07) is 25.8. The molecule has 8 nitrogen and oxygen atoms in total. The molecule has 0 aliphatic carbocycles. The molecule has 0 unspecified atom stereocenters. The van der Waals surface area contributed by atoms with E-state index in [-0.39, 0.29) is 11.9 Å². The number of nitrogens with one attached hydrogen (secondary N) is 2. The SMILES string of the molecule is O=C(CCc1ccc(-c2cc(NC(=O)c3ccc(OCCN4CCCC4)cc3)n[nH]2)cc1)Oc1ccccc1. The van der Waals surface area contributed by atoms with E-state index < -0.39 is 0 Å². The maximum absolute atomic E-state index is 12.7. The topological polar surface area (TPSA) is 96.5 Å². The molecule has 2 N–H and O–H groups in total. The molecule has 2 heterocycles. The van der Waals surface area contributed by atoms with Crippen molar-refractivity contribution < 1.29 is 19.1 Å². The molecule has 8 heteroatoms. The monoisotopic (exact) mass is 524 g/mol. The van der Waals surface area contributed by atoms with Crippen molar-refractivity contribution in [2.24, 2.45) is 0 Å². The Morgan fingerprint density at radius 1 is 0.897 bits per heavy atom. The summed E-state index contributed by atoms with van der Waals surface area (Å²) in [4.78, 5) is 27.2. The van der Waals surface area contributed by atoms with Crippen molar-refractivity contribution in [3.05, 3.63) is 96.1 Å². The molecule has 0 saturated carbocycles. The van der Waals surface area contributed by atoms with Gasteiger partial charge >= 0.3 is 5.97 Å². The smallest absolute Gasteiger partial charge is 0.311 e. The van der Waals surface area contributed by atoms with Gasteiger partial charge in [-0.3, -0.25) is 19.6 Å². The van der Waals surface area contributed by atoms with Crippen molar-refractivity contribution in [1.29, 1.82) is 0 Å². The number of benzene rings is 3. The third-order valence-electron chi connectivity index (χ3n) is 6.67. The quantitative estimate of drug-likeness (QED) is 0.203. The Balaban J connectivity index is 1.08. The summed E-state index contributed by atoms with van der Waals surface area (Å²) >= 11 is 0. The Bertz CT molecular complexity index is 1360. The third-order valence-corrected chi connectivity index (χ3v) is 6.67. The maximum atomic E-state index is 12.7. The molecule has 0 radical (unpaired) electrons. The average molecular weight is 525 g/mol. The molecule has 1 aromatic heterocycles. The van der Waals surface area contributed by atoms with Gasteiger partial charge in [0.15, 0.2) is 5.82 Å². The molecular weight excluding hydrogens is 492 g/mol. The van der Waals surface area contributed by atoms with Gasteiger partial charge in [-0.15, -0.1) is 0 Å². The Kier molecular flexibility index (Phi) is 8.65. The highest BCUT2D eigenvalue weighted by molar-refractivity contribution is 6.04. The second-order valence-electron chi connectivity index (χ2n) is 9.53. The highest BCUT2D eigenvalue weighted by atomic mass is 16.5. The van der Waals surface area contributed by atoms with E-state index in [4.69, 9.17) is 9.47 Å². The molecule has 200 valence electrons. The molecule has 39 heavy (non-hydrogen) atoms. The molecule has 3 aromatic carbocycles. The summed E-state index contributed by atoms with van der Waals surface area (Å²) < 4.78 is 11.2. The number of aromatic nitrogens is 2. The summed E-state index contributed by atoms with van der Waals surface area (Å²) in [5.41, 5.74) is 3.26. The van der Waals surface area contributed by atoms with Crippen molar-refractivity contribution in [1.82, 2.24) is 15.1 Å². The molecular formula is C31H32N4O4. The first-order valence-corrected chi connectivity index (χ1v) is 13.3. The highest BCUT2D eigenvalue weighted by Crippen LogP contribution is 2.22. The number of anilines is 1.